The molecule has 3 heteroatoms. The van der Waals surface area contributed by atoms with Crippen LogP contribution in [0.5, 0.6) is 0 Å². The summed E-state index contributed by atoms with van der Waals surface area (Å²) < 4.78 is 0. The highest BCUT2D eigenvalue weighted by atomic mass is 35.5. The molecule has 1 heterocycles. The molecule has 0 aromatic carbocycles. The van der Waals surface area contributed by atoms with Crippen LogP contribution in [-0.4, -0.2) is 12.0 Å². The topological polar surface area (TPSA) is 24.9 Å². The second-order valence-corrected chi connectivity index (χ2v) is 4.08. The van der Waals surface area contributed by atoms with Gasteiger partial charge in [0.2, 0.25) is 0 Å². The number of rotatable bonds is 2. The van der Waals surface area contributed by atoms with E-state index in [9.17, 15) is 0 Å². The van der Waals surface area contributed by atoms with E-state index in [4.69, 9.17) is 11.6 Å². The highest BCUT2D eigenvalue weighted by Crippen LogP contribution is 2.22. The van der Waals surface area contributed by atoms with Gasteiger partial charge < -0.3 is 5.32 Å². The van der Waals surface area contributed by atoms with Gasteiger partial charge >= 0.3 is 0 Å². The number of aromatic nitrogens is 1. The van der Waals surface area contributed by atoms with Crippen molar-refractivity contribution < 1.29 is 0 Å². The van der Waals surface area contributed by atoms with E-state index >= 15 is 0 Å². The van der Waals surface area contributed by atoms with Crippen LogP contribution < -0.4 is 5.32 Å². The molecule has 0 saturated carbocycles. The number of halogens is 1. The molecule has 1 N–H and O–H groups in total. The third kappa shape index (κ3) is 2.42. The van der Waals surface area contributed by atoms with Crippen LogP contribution in [0.1, 0.15) is 25.1 Å². The largest absolute Gasteiger partial charge is 0.311 e. The van der Waals surface area contributed by atoms with Gasteiger partial charge in [0.15, 0.2) is 0 Å². The predicted octanol–water partition coefficient (Wildman–Crippen LogP) is 2.50. The Kier molecular flexibility index (Phi) is 2.94. The van der Waals surface area contributed by atoms with Gasteiger partial charge in [0, 0.05) is 11.2 Å². The minimum Gasteiger partial charge on any atom is -0.311 e. The van der Waals surface area contributed by atoms with Gasteiger partial charge in [-0.05, 0) is 45.5 Å². The minimum absolute atomic E-state index is 0.0582. The lowest BCUT2D eigenvalue weighted by atomic mass is 9.95. The van der Waals surface area contributed by atoms with Crippen LogP contribution in [0.3, 0.4) is 0 Å². The summed E-state index contributed by atoms with van der Waals surface area (Å²) >= 11 is 5.87. The number of aryl methyl sites for hydroxylation is 1. The number of nitrogens with one attached hydrogen (secondary N) is 1. The molecule has 2 nitrogen and oxygen atoms in total. The standard InChI is InChI=1S/C10H15ClN2/c1-7-5-8(6-9(11)13-7)10(2,3)12-4/h5-6,12H,1-4H3. The summed E-state index contributed by atoms with van der Waals surface area (Å²) in [5.74, 6) is 0. The minimum atomic E-state index is -0.0582. The van der Waals surface area contributed by atoms with E-state index in [1.165, 1.54) is 0 Å². The number of pyridine rings is 1. The Bertz CT molecular complexity index is 288. The number of nitrogens with zero attached hydrogens (tertiary/aromatic N) is 1. The Hall–Kier alpha value is -0.600. The Morgan fingerprint density at radius 2 is 2.00 bits per heavy atom. The third-order valence-electron chi connectivity index (χ3n) is 2.27. The van der Waals surface area contributed by atoms with Gasteiger partial charge in [-0.3, -0.25) is 0 Å². The fourth-order valence-corrected chi connectivity index (χ4v) is 1.38. The summed E-state index contributed by atoms with van der Waals surface area (Å²) in [5.41, 5.74) is 2.05. The summed E-state index contributed by atoms with van der Waals surface area (Å²) in [7, 11) is 1.93. The summed E-state index contributed by atoms with van der Waals surface area (Å²) in [6.45, 7) is 6.16. The number of hydrogen-bond acceptors (Lipinski definition) is 2. The van der Waals surface area contributed by atoms with E-state index in [1.54, 1.807) is 0 Å². The van der Waals surface area contributed by atoms with Crippen molar-refractivity contribution in [3.63, 3.8) is 0 Å². The molecule has 1 aromatic heterocycles. The van der Waals surface area contributed by atoms with Gasteiger partial charge in [0.1, 0.15) is 5.15 Å². The van der Waals surface area contributed by atoms with Crippen LogP contribution in [0, 0.1) is 6.92 Å². The maximum Gasteiger partial charge on any atom is 0.129 e. The lowest BCUT2D eigenvalue weighted by Crippen LogP contribution is -2.33. The molecule has 0 fully saturated rings. The molecule has 0 bridgehead atoms. The van der Waals surface area contributed by atoms with E-state index in [0.717, 1.165) is 11.3 Å². The van der Waals surface area contributed by atoms with Gasteiger partial charge in [-0.1, -0.05) is 11.6 Å². The molecular formula is C10H15ClN2. The fourth-order valence-electron chi connectivity index (χ4n) is 1.13. The zero-order valence-electron chi connectivity index (χ0n) is 8.48. The van der Waals surface area contributed by atoms with E-state index in [-0.39, 0.29) is 5.54 Å². The van der Waals surface area contributed by atoms with Crippen molar-refractivity contribution in [2.24, 2.45) is 0 Å². The second-order valence-electron chi connectivity index (χ2n) is 3.69. The molecule has 0 unspecified atom stereocenters. The molecule has 0 aliphatic rings. The smallest absolute Gasteiger partial charge is 0.129 e. The molecule has 13 heavy (non-hydrogen) atoms. The SMILES string of the molecule is CNC(C)(C)c1cc(C)nc(Cl)c1. The summed E-state index contributed by atoms with van der Waals surface area (Å²) in [6, 6.07) is 3.94. The predicted molar refractivity (Wildman–Crippen MR) is 56.1 cm³/mol. The van der Waals surface area contributed by atoms with Gasteiger partial charge in [-0.15, -0.1) is 0 Å². The number of hydrogen-bond donors (Lipinski definition) is 1. The molecule has 72 valence electrons. The Morgan fingerprint density at radius 1 is 1.38 bits per heavy atom. The zero-order valence-corrected chi connectivity index (χ0v) is 9.24. The van der Waals surface area contributed by atoms with Crippen LogP contribution in [0.2, 0.25) is 5.15 Å². The van der Waals surface area contributed by atoms with Crippen LogP contribution in [-0.2, 0) is 5.54 Å². The maximum atomic E-state index is 5.87. The van der Waals surface area contributed by atoms with Crippen molar-refractivity contribution in [1.82, 2.24) is 10.3 Å². The van der Waals surface area contributed by atoms with E-state index in [0.29, 0.717) is 5.15 Å². The Labute approximate surface area is 84.3 Å². The first-order valence-corrected chi connectivity index (χ1v) is 4.67. The summed E-state index contributed by atoms with van der Waals surface area (Å²) in [6.07, 6.45) is 0. The molecule has 0 atom stereocenters. The van der Waals surface area contributed by atoms with Crippen LogP contribution in [0.15, 0.2) is 12.1 Å². The van der Waals surface area contributed by atoms with Crippen LogP contribution in [0.4, 0.5) is 0 Å². The lowest BCUT2D eigenvalue weighted by Gasteiger charge is -2.24. The first kappa shape index (κ1) is 10.5. The van der Waals surface area contributed by atoms with Crippen LogP contribution in [0.25, 0.3) is 0 Å². The van der Waals surface area contributed by atoms with Crippen molar-refractivity contribution in [1.29, 1.82) is 0 Å². The summed E-state index contributed by atoms with van der Waals surface area (Å²) in [4.78, 5) is 4.12. The highest BCUT2D eigenvalue weighted by Gasteiger charge is 2.18. The molecule has 0 saturated heterocycles. The molecule has 0 spiro atoms. The van der Waals surface area contributed by atoms with Crippen molar-refractivity contribution in [2.75, 3.05) is 7.05 Å². The van der Waals surface area contributed by atoms with E-state index < -0.39 is 0 Å². The Morgan fingerprint density at radius 3 is 2.46 bits per heavy atom. The van der Waals surface area contributed by atoms with Gasteiger partial charge in [-0.2, -0.15) is 0 Å². The zero-order chi connectivity index (χ0) is 10.1. The van der Waals surface area contributed by atoms with Crippen molar-refractivity contribution in [3.8, 4) is 0 Å². The quantitative estimate of drug-likeness (QED) is 0.739. The normalized spacial score (nSPS) is 11.8. The average molecular weight is 199 g/mol. The lowest BCUT2D eigenvalue weighted by molar-refractivity contribution is 0.444. The fraction of sp³-hybridized carbons (Fsp3) is 0.500. The van der Waals surface area contributed by atoms with E-state index in [2.05, 4.69) is 24.1 Å². The van der Waals surface area contributed by atoms with Crippen molar-refractivity contribution >= 4 is 11.6 Å². The molecule has 0 amide bonds. The maximum absolute atomic E-state index is 5.87. The van der Waals surface area contributed by atoms with Crippen molar-refractivity contribution in [3.05, 3.63) is 28.5 Å². The molecule has 0 aliphatic heterocycles. The second kappa shape index (κ2) is 3.64. The van der Waals surface area contributed by atoms with E-state index in [1.807, 2.05) is 26.1 Å². The van der Waals surface area contributed by atoms with Gasteiger partial charge in [0.25, 0.3) is 0 Å². The van der Waals surface area contributed by atoms with Gasteiger partial charge in [-0.25, -0.2) is 4.98 Å². The first-order valence-electron chi connectivity index (χ1n) is 4.29. The monoisotopic (exact) mass is 198 g/mol. The molecule has 1 aromatic rings. The molecule has 0 aliphatic carbocycles. The highest BCUT2D eigenvalue weighted by molar-refractivity contribution is 6.29. The van der Waals surface area contributed by atoms with Crippen molar-refractivity contribution in [2.45, 2.75) is 26.3 Å². The first-order chi connectivity index (χ1) is 5.95. The summed E-state index contributed by atoms with van der Waals surface area (Å²) in [5, 5.41) is 3.78. The molecule has 0 radical (unpaired) electrons. The van der Waals surface area contributed by atoms with Gasteiger partial charge in [0.05, 0.1) is 0 Å². The van der Waals surface area contributed by atoms with Crippen LogP contribution >= 0.6 is 11.6 Å². The molecular weight excluding hydrogens is 184 g/mol. The average Bonchev–Trinajstić information content (AvgIpc) is 2.02. The Balaban J connectivity index is 3.15. The third-order valence-corrected chi connectivity index (χ3v) is 2.46. The molecule has 1 rings (SSSR count).